The molecule has 0 spiro atoms. The summed E-state index contributed by atoms with van der Waals surface area (Å²) in [4.78, 5) is 9.76. The predicted molar refractivity (Wildman–Crippen MR) is 108 cm³/mol. The fraction of sp³-hybridized carbons (Fsp3) is 0.286. The van der Waals surface area contributed by atoms with Crippen molar-refractivity contribution in [2.45, 2.75) is 22.8 Å². The number of hydrogen-bond acceptors (Lipinski definition) is 5. The lowest BCUT2D eigenvalue weighted by Crippen LogP contribution is -2.50. The van der Waals surface area contributed by atoms with Crippen molar-refractivity contribution in [1.82, 2.24) is 9.88 Å². The molecule has 1 saturated heterocycles. The molecule has 140 valence electrons. The zero-order chi connectivity index (χ0) is 19.0. The second-order valence-corrected chi connectivity index (χ2v) is 9.06. The molecule has 0 N–H and O–H groups in total. The van der Waals surface area contributed by atoms with E-state index in [0.717, 1.165) is 36.2 Å². The van der Waals surface area contributed by atoms with E-state index in [9.17, 15) is 8.42 Å². The highest BCUT2D eigenvalue weighted by molar-refractivity contribution is 7.91. The van der Waals surface area contributed by atoms with Crippen molar-refractivity contribution in [2.75, 3.05) is 31.6 Å². The molecule has 3 aromatic rings. The minimum absolute atomic E-state index is 0.227. The first-order chi connectivity index (χ1) is 13.0. The largest absolute Gasteiger partial charge is 0.367 e. The van der Waals surface area contributed by atoms with Gasteiger partial charge in [-0.3, -0.25) is 4.98 Å². The molecular formula is C21H23N3O2S. The van der Waals surface area contributed by atoms with Crippen molar-refractivity contribution in [1.29, 1.82) is 0 Å². The van der Waals surface area contributed by atoms with E-state index in [1.54, 1.807) is 36.4 Å². The topological polar surface area (TPSA) is 53.5 Å². The fourth-order valence-corrected chi connectivity index (χ4v) is 4.79. The average molecular weight is 382 g/mol. The first kappa shape index (κ1) is 17.9. The quantitative estimate of drug-likeness (QED) is 0.697. The van der Waals surface area contributed by atoms with Crippen LogP contribution in [-0.2, 0) is 9.84 Å². The van der Waals surface area contributed by atoms with E-state index in [4.69, 9.17) is 0 Å². The van der Waals surface area contributed by atoms with Gasteiger partial charge in [-0.15, -0.1) is 0 Å². The van der Waals surface area contributed by atoms with Crippen LogP contribution >= 0.6 is 0 Å². The van der Waals surface area contributed by atoms with Gasteiger partial charge in [0.05, 0.1) is 21.0 Å². The summed E-state index contributed by atoms with van der Waals surface area (Å²) in [6, 6.07) is 16.7. The van der Waals surface area contributed by atoms with Crippen LogP contribution in [0.2, 0.25) is 0 Å². The highest BCUT2D eigenvalue weighted by Gasteiger charge is 2.23. The summed E-state index contributed by atoms with van der Waals surface area (Å²) in [7, 11) is -1.42. The third kappa shape index (κ3) is 3.31. The van der Waals surface area contributed by atoms with Crippen LogP contribution in [-0.4, -0.2) is 51.0 Å². The molecule has 0 aliphatic carbocycles. The minimum atomic E-state index is -3.57. The van der Waals surface area contributed by atoms with Gasteiger partial charge in [-0.1, -0.05) is 30.3 Å². The van der Waals surface area contributed by atoms with Gasteiger partial charge in [-0.25, -0.2) is 8.42 Å². The summed E-state index contributed by atoms with van der Waals surface area (Å²) in [6.45, 7) is 5.08. The molecular weight excluding hydrogens is 358 g/mol. The maximum Gasteiger partial charge on any atom is 0.208 e. The van der Waals surface area contributed by atoms with E-state index in [2.05, 4.69) is 34.8 Å². The maximum atomic E-state index is 12.9. The van der Waals surface area contributed by atoms with Crippen molar-refractivity contribution < 1.29 is 8.42 Å². The van der Waals surface area contributed by atoms with E-state index in [1.807, 2.05) is 12.1 Å². The van der Waals surface area contributed by atoms with Gasteiger partial charge in [0.15, 0.2) is 0 Å². The molecule has 0 radical (unpaired) electrons. The molecule has 0 bridgehead atoms. The predicted octanol–water partition coefficient (Wildman–Crippen LogP) is 3.21. The van der Waals surface area contributed by atoms with Crippen LogP contribution in [0.15, 0.2) is 70.6 Å². The highest BCUT2D eigenvalue weighted by atomic mass is 32.2. The number of para-hydroxylation sites is 1. The third-order valence-corrected chi connectivity index (χ3v) is 7.07. The number of benzene rings is 2. The van der Waals surface area contributed by atoms with Crippen molar-refractivity contribution in [3.63, 3.8) is 0 Å². The number of rotatable bonds is 3. The Morgan fingerprint density at radius 2 is 1.78 bits per heavy atom. The minimum Gasteiger partial charge on any atom is -0.367 e. The first-order valence-electron chi connectivity index (χ1n) is 9.11. The van der Waals surface area contributed by atoms with Gasteiger partial charge in [0, 0.05) is 37.3 Å². The number of fused-ring (bicyclic) bond motifs is 1. The van der Waals surface area contributed by atoms with Crippen LogP contribution in [0.3, 0.4) is 0 Å². The van der Waals surface area contributed by atoms with Crippen LogP contribution < -0.4 is 4.90 Å². The van der Waals surface area contributed by atoms with E-state index in [-0.39, 0.29) is 9.79 Å². The molecule has 0 amide bonds. The number of nitrogens with zero attached hydrogens (tertiary/aromatic N) is 3. The summed E-state index contributed by atoms with van der Waals surface area (Å²) >= 11 is 0. The van der Waals surface area contributed by atoms with Crippen molar-refractivity contribution in [3.05, 3.63) is 60.8 Å². The van der Waals surface area contributed by atoms with E-state index < -0.39 is 9.84 Å². The lowest BCUT2D eigenvalue weighted by molar-refractivity contribution is 0.234. The standard InChI is InChI=1S/C21H23N3O2S/c1-16-15-24(12-11-23(16)2)20-10-6-7-17-13-19(14-22-21(17)20)27(25,26)18-8-4-3-5-9-18/h3-10,13-14,16H,11-12,15H2,1-2H3/t16-/m1/s1. The Hall–Kier alpha value is -2.44. The number of anilines is 1. The summed E-state index contributed by atoms with van der Waals surface area (Å²) < 4.78 is 25.8. The molecule has 27 heavy (non-hydrogen) atoms. The zero-order valence-electron chi connectivity index (χ0n) is 15.5. The van der Waals surface area contributed by atoms with E-state index in [0.29, 0.717) is 6.04 Å². The monoisotopic (exact) mass is 381 g/mol. The van der Waals surface area contributed by atoms with Gasteiger partial charge >= 0.3 is 0 Å². The Bertz CT molecular complexity index is 1070. The molecule has 1 aromatic heterocycles. The van der Waals surface area contributed by atoms with Crippen LogP contribution in [0.4, 0.5) is 5.69 Å². The number of aromatic nitrogens is 1. The third-order valence-electron chi connectivity index (χ3n) is 5.33. The van der Waals surface area contributed by atoms with Gasteiger partial charge in [-0.2, -0.15) is 0 Å². The molecule has 5 nitrogen and oxygen atoms in total. The summed E-state index contributed by atoms with van der Waals surface area (Å²) in [5.41, 5.74) is 1.91. The second kappa shape index (κ2) is 6.94. The Kier molecular flexibility index (Phi) is 4.61. The smallest absolute Gasteiger partial charge is 0.208 e. The number of piperazine rings is 1. The molecule has 2 aromatic carbocycles. The molecule has 0 unspecified atom stereocenters. The molecule has 1 fully saturated rings. The fourth-order valence-electron chi connectivity index (χ4n) is 3.53. The van der Waals surface area contributed by atoms with Gasteiger partial charge < -0.3 is 9.80 Å². The lowest BCUT2D eigenvalue weighted by Gasteiger charge is -2.39. The number of hydrogen-bond donors (Lipinski definition) is 0. The Morgan fingerprint density at radius 3 is 2.52 bits per heavy atom. The Morgan fingerprint density at radius 1 is 1.00 bits per heavy atom. The van der Waals surface area contributed by atoms with Crippen molar-refractivity contribution in [2.24, 2.45) is 0 Å². The van der Waals surface area contributed by atoms with Crippen molar-refractivity contribution in [3.8, 4) is 0 Å². The SMILES string of the molecule is C[C@@H]1CN(c2cccc3cc(S(=O)(=O)c4ccccc4)cnc23)CCN1C. The number of sulfone groups is 1. The normalized spacial score (nSPS) is 18.7. The summed E-state index contributed by atoms with van der Waals surface area (Å²) in [6.07, 6.45) is 1.48. The number of likely N-dealkylation sites (N-methyl/N-ethyl adjacent to an activating group) is 1. The second-order valence-electron chi connectivity index (χ2n) is 7.11. The molecule has 1 aliphatic heterocycles. The van der Waals surface area contributed by atoms with E-state index in [1.165, 1.54) is 6.20 Å². The molecule has 0 saturated carbocycles. The molecule has 6 heteroatoms. The van der Waals surface area contributed by atoms with Crippen LogP contribution in [0, 0.1) is 0 Å². The maximum absolute atomic E-state index is 12.9. The van der Waals surface area contributed by atoms with Crippen LogP contribution in [0.5, 0.6) is 0 Å². The lowest BCUT2D eigenvalue weighted by atomic mass is 10.1. The van der Waals surface area contributed by atoms with Gasteiger partial charge in [-0.05, 0) is 38.2 Å². The molecule has 2 heterocycles. The van der Waals surface area contributed by atoms with E-state index >= 15 is 0 Å². The summed E-state index contributed by atoms with van der Waals surface area (Å²) in [5, 5.41) is 0.844. The van der Waals surface area contributed by atoms with Crippen LogP contribution in [0.25, 0.3) is 10.9 Å². The van der Waals surface area contributed by atoms with Crippen molar-refractivity contribution >= 4 is 26.4 Å². The average Bonchev–Trinajstić information content (AvgIpc) is 2.70. The summed E-state index contributed by atoms with van der Waals surface area (Å²) in [5.74, 6) is 0. The molecule has 1 atom stereocenters. The van der Waals surface area contributed by atoms with Gasteiger partial charge in [0.25, 0.3) is 0 Å². The molecule has 1 aliphatic rings. The van der Waals surface area contributed by atoms with Gasteiger partial charge in [0.1, 0.15) is 0 Å². The zero-order valence-corrected chi connectivity index (χ0v) is 16.4. The van der Waals surface area contributed by atoms with Crippen LogP contribution in [0.1, 0.15) is 6.92 Å². The Balaban J connectivity index is 1.75. The van der Waals surface area contributed by atoms with Gasteiger partial charge in [0.2, 0.25) is 9.84 Å². The number of pyridine rings is 1. The highest BCUT2D eigenvalue weighted by Crippen LogP contribution is 2.29. The molecule has 4 rings (SSSR count). The first-order valence-corrected chi connectivity index (χ1v) is 10.6. The Labute approximate surface area is 160 Å².